The van der Waals surface area contributed by atoms with E-state index in [-0.39, 0.29) is 19.1 Å². The monoisotopic (exact) mass is 542 g/mol. The minimum Gasteiger partial charge on any atom is -0.494 e. The van der Waals surface area contributed by atoms with Gasteiger partial charge in [-0.25, -0.2) is 14.7 Å². The summed E-state index contributed by atoms with van der Waals surface area (Å²) in [6, 6.07) is 15.3. The number of carboxylic acids is 1. The summed E-state index contributed by atoms with van der Waals surface area (Å²) >= 11 is 0. The summed E-state index contributed by atoms with van der Waals surface area (Å²) in [7, 11) is 0. The van der Waals surface area contributed by atoms with Crippen LogP contribution in [0, 0.1) is 0 Å². The predicted octanol–water partition coefficient (Wildman–Crippen LogP) is 5.52. The van der Waals surface area contributed by atoms with Crippen LogP contribution in [0.25, 0.3) is 0 Å². The van der Waals surface area contributed by atoms with Crippen LogP contribution in [-0.2, 0) is 32.2 Å². The Morgan fingerprint density at radius 3 is 2.18 bits per heavy atom. The third-order valence-corrected chi connectivity index (χ3v) is 5.78. The zero-order valence-corrected chi connectivity index (χ0v) is 23.3. The van der Waals surface area contributed by atoms with Crippen molar-refractivity contribution < 1.29 is 33.8 Å². The molecule has 2 rings (SSSR count). The van der Waals surface area contributed by atoms with Gasteiger partial charge in [0.25, 0.3) is 0 Å². The van der Waals surface area contributed by atoms with Gasteiger partial charge in [-0.15, -0.1) is 0 Å². The summed E-state index contributed by atoms with van der Waals surface area (Å²) in [4.78, 5) is 40.4. The van der Waals surface area contributed by atoms with Crippen molar-refractivity contribution in [3.63, 3.8) is 0 Å². The molecular formula is C30H42N2O7. The van der Waals surface area contributed by atoms with Crippen LogP contribution in [0.2, 0.25) is 0 Å². The average Bonchev–Trinajstić information content (AvgIpc) is 2.89. The standard InChI is InChI=1S/C30H42N2O7/c1-30(2,3)39-29(36)31-19-11-6-4-5-7-12-20-37-26-17-15-24(16-18-26)21-27(28(34)35)32(23-33)38-22-25-13-9-8-10-14-25/h8-10,13-18,23,27H,4-7,11-12,19-22H2,1-3H3,(H,31,36)(H,34,35). The van der Waals surface area contributed by atoms with Gasteiger partial charge in [0.15, 0.2) is 6.04 Å². The molecule has 9 heteroatoms. The van der Waals surface area contributed by atoms with E-state index >= 15 is 0 Å². The molecule has 0 spiro atoms. The number of nitrogens with one attached hydrogen (secondary N) is 1. The smallest absolute Gasteiger partial charge is 0.407 e. The number of carbonyl (C=O) groups excluding carboxylic acids is 2. The highest BCUT2D eigenvalue weighted by molar-refractivity contribution is 5.76. The molecule has 0 aromatic heterocycles. The van der Waals surface area contributed by atoms with Crippen molar-refractivity contribution in [1.82, 2.24) is 10.4 Å². The molecule has 0 bridgehead atoms. The SMILES string of the molecule is CC(C)(C)OC(=O)NCCCCCCCCOc1ccc(CC(C(=O)O)N(C=O)OCc2ccccc2)cc1. The molecule has 2 amide bonds. The van der Waals surface area contributed by atoms with Crippen LogP contribution in [0.4, 0.5) is 4.79 Å². The molecule has 0 saturated heterocycles. The van der Waals surface area contributed by atoms with E-state index in [0.717, 1.165) is 54.7 Å². The van der Waals surface area contributed by atoms with Crippen LogP contribution in [0.3, 0.4) is 0 Å². The number of aliphatic carboxylic acids is 1. The van der Waals surface area contributed by atoms with Gasteiger partial charge in [-0.3, -0.25) is 9.63 Å². The van der Waals surface area contributed by atoms with E-state index in [2.05, 4.69) is 5.32 Å². The number of hydrogen-bond acceptors (Lipinski definition) is 6. The van der Waals surface area contributed by atoms with E-state index in [1.165, 1.54) is 0 Å². The fourth-order valence-corrected chi connectivity index (χ4v) is 3.78. The van der Waals surface area contributed by atoms with Gasteiger partial charge in [0.2, 0.25) is 6.41 Å². The molecule has 0 heterocycles. The summed E-state index contributed by atoms with van der Waals surface area (Å²) in [5.74, 6) is -0.429. The lowest BCUT2D eigenvalue weighted by Crippen LogP contribution is -2.41. The first kappa shape index (κ1) is 31.6. The maximum absolute atomic E-state index is 11.8. The topological polar surface area (TPSA) is 114 Å². The largest absolute Gasteiger partial charge is 0.494 e. The zero-order valence-electron chi connectivity index (χ0n) is 23.3. The van der Waals surface area contributed by atoms with Crippen molar-refractivity contribution in [1.29, 1.82) is 0 Å². The highest BCUT2D eigenvalue weighted by Crippen LogP contribution is 2.17. The lowest BCUT2D eigenvalue weighted by molar-refractivity contribution is -0.200. The summed E-state index contributed by atoms with van der Waals surface area (Å²) < 4.78 is 11.0. The molecule has 2 N–H and O–H groups in total. The number of rotatable bonds is 18. The second kappa shape index (κ2) is 17.1. The average molecular weight is 543 g/mol. The van der Waals surface area contributed by atoms with E-state index < -0.39 is 17.6 Å². The van der Waals surface area contributed by atoms with Gasteiger partial charge in [0, 0.05) is 13.0 Å². The van der Waals surface area contributed by atoms with Gasteiger partial charge in [-0.05, 0) is 56.9 Å². The third kappa shape index (κ3) is 13.7. The molecule has 0 fully saturated rings. The number of carboxylic acid groups (broad SMARTS) is 1. The molecule has 1 atom stereocenters. The Hall–Kier alpha value is -3.59. The Morgan fingerprint density at radius 1 is 0.923 bits per heavy atom. The van der Waals surface area contributed by atoms with Crippen LogP contribution < -0.4 is 10.1 Å². The van der Waals surface area contributed by atoms with Crippen molar-refractivity contribution in [3.8, 4) is 5.75 Å². The Kier molecular flexibility index (Phi) is 13.9. The van der Waals surface area contributed by atoms with Crippen LogP contribution in [0.15, 0.2) is 54.6 Å². The number of ether oxygens (including phenoxy) is 2. The van der Waals surface area contributed by atoms with Crippen molar-refractivity contribution in [3.05, 3.63) is 65.7 Å². The molecule has 0 radical (unpaired) electrons. The van der Waals surface area contributed by atoms with E-state index in [4.69, 9.17) is 14.3 Å². The number of benzene rings is 2. The third-order valence-electron chi connectivity index (χ3n) is 5.78. The molecule has 2 aromatic carbocycles. The lowest BCUT2D eigenvalue weighted by Gasteiger charge is -2.24. The molecule has 2 aromatic rings. The van der Waals surface area contributed by atoms with Crippen molar-refractivity contribution in [2.24, 2.45) is 0 Å². The van der Waals surface area contributed by atoms with Crippen LogP contribution in [-0.4, -0.2) is 53.4 Å². The summed E-state index contributed by atoms with van der Waals surface area (Å²) in [6.07, 6.45) is 6.31. The number of unbranched alkanes of at least 4 members (excludes halogenated alkanes) is 5. The summed E-state index contributed by atoms with van der Waals surface area (Å²) in [6.45, 7) is 6.85. The molecule has 9 nitrogen and oxygen atoms in total. The number of nitrogens with zero attached hydrogens (tertiary/aromatic N) is 1. The number of alkyl carbamates (subject to hydrolysis) is 1. The van der Waals surface area contributed by atoms with E-state index in [0.29, 0.717) is 25.3 Å². The summed E-state index contributed by atoms with van der Waals surface area (Å²) in [5.41, 5.74) is 1.11. The highest BCUT2D eigenvalue weighted by atomic mass is 16.7. The molecule has 0 aliphatic heterocycles. The van der Waals surface area contributed by atoms with Gasteiger partial charge in [-0.1, -0.05) is 68.1 Å². The molecule has 214 valence electrons. The second-order valence-electron chi connectivity index (χ2n) is 10.3. The van der Waals surface area contributed by atoms with Crippen molar-refractivity contribution >= 4 is 18.5 Å². The van der Waals surface area contributed by atoms with Crippen LogP contribution in [0.1, 0.15) is 70.4 Å². The van der Waals surface area contributed by atoms with Gasteiger partial charge in [0.1, 0.15) is 18.0 Å². The maximum Gasteiger partial charge on any atom is 0.407 e. The number of hydrogen-bond donors (Lipinski definition) is 2. The molecule has 0 saturated carbocycles. The van der Waals surface area contributed by atoms with Gasteiger partial charge < -0.3 is 19.9 Å². The molecular weight excluding hydrogens is 500 g/mol. The van der Waals surface area contributed by atoms with Gasteiger partial charge in [-0.2, -0.15) is 0 Å². The number of amides is 2. The molecule has 39 heavy (non-hydrogen) atoms. The molecule has 1 unspecified atom stereocenters. The maximum atomic E-state index is 11.8. The Labute approximate surface area is 231 Å². The number of hydroxylamine groups is 2. The first-order valence-electron chi connectivity index (χ1n) is 13.5. The van der Waals surface area contributed by atoms with E-state index in [9.17, 15) is 19.5 Å². The van der Waals surface area contributed by atoms with Gasteiger partial charge in [0.05, 0.1) is 6.61 Å². The Morgan fingerprint density at radius 2 is 1.56 bits per heavy atom. The summed E-state index contributed by atoms with van der Waals surface area (Å²) in [5, 5.41) is 13.3. The zero-order chi connectivity index (χ0) is 28.5. The predicted molar refractivity (Wildman–Crippen MR) is 148 cm³/mol. The van der Waals surface area contributed by atoms with Crippen LogP contribution >= 0.6 is 0 Å². The minimum atomic E-state index is -1.15. The van der Waals surface area contributed by atoms with Crippen molar-refractivity contribution in [2.75, 3.05) is 13.2 Å². The lowest BCUT2D eigenvalue weighted by atomic mass is 10.1. The quantitative estimate of drug-likeness (QED) is 0.145. The second-order valence-corrected chi connectivity index (χ2v) is 10.3. The Balaban J connectivity index is 1.62. The number of carbonyl (C=O) groups is 3. The van der Waals surface area contributed by atoms with E-state index in [1.807, 2.05) is 63.2 Å². The molecule has 0 aliphatic rings. The first-order valence-corrected chi connectivity index (χ1v) is 13.5. The first-order chi connectivity index (χ1) is 18.7. The molecule has 0 aliphatic carbocycles. The normalized spacial score (nSPS) is 11.9. The van der Waals surface area contributed by atoms with Gasteiger partial charge >= 0.3 is 12.1 Å². The van der Waals surface area contributed by atoms with Crippen LogP contribution in [0.5, 0.6) is 5.75 Å². The van der Waals surface area contributed by atoms with Crippen molar-refractivity contribution in [2.45, 2.75) is 84.0 Å². The fraction of sp³-hybridized carbons (Fsp3) is 0.500. The van der Waals surface area contributed by atoms with E-state index in [1.54, 1.807) is 12.1 Å². The Bertz CT molecular complexity index is 991. The fourth-order valence-electron chi connectivity index (χ4n) is 3.78. The minimum absolute atomic E-state index is 0.0987. The highest BCUT2D eigenvalue weighted by Gasteiger charge is 2.26.